The number of hydrogen-bond acceptors (Lipinski definition) is 4. The zero-order chi connectivity index (χ0) is 12.4. The maximum atomic E-state index is 6.16. The van der Waals surface area contributed by atoms with Crippen molar-refractivity contribution in [3.8, 4) is 5.75 Å². The normalized spacial score (nSPS) is 18.8. The molecular weight excluding hydrogens is 263 g/mol. The molecule has 0 saturated heterocycles. The Morgan fingerprint density at radius 2 is 2.24 bits per heavy atom. The summed E-state index contributed by atoms with van der Waals surface area (Å²) < 4.78 is 10.2. The minimum absolute atomic E-state index is 0.00281. The van der Waals surface area contributed by atoms with Gasteiger partial charge in [0.2, 0.25) is 0 Å². The van der Waals surface area contributed by atoms with Gasteiger partial charge in [0.1, 0.15) is 17.4 Å². The minimum Gasteiger partial charge on any atom is -0.495 e. The van der Waals surface area contributed by atoms with Gasteiger partial charge in [-0.05, 0) is 18.1 Å². The van der Waals surface area contributed by atoms with Gasteiger partial charge in [0.05, 0.1) is 18.2 Å². The Bertz CT molecular complexity index is 463. The van der Waals surface area contributed by atoms with E-state index < -0.39 is 0 Å². The van der Waals surface area contributed by atoms with E-state index in [0.717, 1.165) is 5.56 Å². The topological polar surface area (TPSA) is 56.8 Å². The number of hydrogen-bond donors (Lipinski definition) is 1. The van der Waals surface area contributed by atoms with Gasteiger partial charge in [-0.1, -0.05) is 29.3 Å². The van der Waals surface area contributed by atoms with E-state index in [4.69, 9.17) is 38.4 Å². The maximum absolute atomic E-state index is 6.16. The second-order valence-corrected chi connectivity index (χ2v) is 4.45. The van der Waals surface area contributed by atoms with Crippen molar-refractivity contribution in [1.29, 1.82) is 0 Å². The Morgan fingerprint density at radius 1 is 1.47 bits per heavy atom. The van der Waals surface area contributed by atoms with Gasteiger partial charge in [-0.3, -0.25) is 0 Å². The second kappa shape index (κ2) is 5.02. The van der Waals surface area contributed by atoms with Crippen LogP contribution in [0.15, 0.2) is 17.1 Å². The number of nitrogens with zero attached hydrogens (tertiary/aromatic N) is 1. The third kappa shape index (κ3) is 2.58. The highest BCUT2D eigenvalue weighted by atomic mass is 35.5. The predicted octanol–water partition coefficient (Wildman–Crippen LogP) is 2.26. The predicted molar refractivity (Wildman–Crippen MR) is 68.1 cm³/mol. The summed E-state index contributed by atoms with van der Waals surface area (Å²) >= 11 is 12.2. The zero-order valence-corrected chi connectivity index (χ0v) is 10.8. The molecule has 1 aromatic carbocycles. The van der Waals surface area contributed by atoms with E-state index in [2.05, 4.69) is 4.99 Å². The smallest absolute Gasteiger partial charge is 0.282 e. The molecule has 1 heterocycles. The lowest BCUT2D eigenvalue weighted by Crippen LogP contribution is -2.11. The van der Waals surface area contributed by atoms with E-state index in [1.165, 1.54) is 0 Å². The fourth-order valence-corrected chi connectivity index (χ4v) is 2.18. The number of nitrogens with two attached hydrogens (primary N) is 1. The van der Waals surface area contributed by atoms with Gasteiger partial charge in [-0.25, -0.2) is 4.99 Å². The molecule has 17 heavy (non-hydrogen) atoms. The van der Waals surface area contributed by atoms with E-state index in [0.29, 0.717) is 28.8 Å². The Labute approximate surface area is 109 Å². The molecule has 0 amide bonds. The average Bonchev–Trinajstić information content (AvgIpc) is 2.71. The van der Waals surface area contributed by atoms with Crippen LogP contribution in [0.1, 0.15) is 5.56 Å². The lowest BCUT2D eigenvalue weighted by atomic mass is 10.1. The largest absolute Gasteiger partial charge is 0.495 e. The SMILES string of the molecule is COc1ccc(CC2COC(N)=N2)c(Cl)c1Cl. The summed E-state index contributed by atoms with van der Waals surface area (Å²) in [5, 5.41) is 0.911. The monoisotopic (exact) mass is 274 g/mol. The molecule has 0 aliphatic carbocycles. The van der Waals surface area contributed by atoms with Crippen molar-refractivity contribution in [3.05, 3.63) is 27.7 Å². The Hall–Kier alpha value is -1.13. The number of methoxy groups -OCH3 is 1. The Morgan fingerprint density at radius 3 is 2.82 bits per heavy atom. The second-order valence-electron chi connectivity index (χ2n) is 3.69. The lowest BCUT2D eigenvalue weighted by molar-refractivity contribution is 0.312. The molecule has 4 nitrogen and oxygen atoms in total. The molecule has 1 aromatic rings. The number of amidine groups is 1. The molecule has 0 aromatic heterocycles. The number of halogens is 2. The van der Waals surface area contributed by atoms with Crippen LogP contribution >= 0.6 is 23.2 Å². The van der Waals surface area contributed by atoms with Crippen molar-refractivity contribution in [2.75, 3.05) is 13.7 Å². The molecule has 0 bridgehead atoms. The summed E-state index contributed by atoms with van der Waals surface area (Å²) in [4.78, 5) is 4.14. The molecule has 0 fully saturated rings. The van der Waals surface area contributed by atoms with E-state index in [9.17, 15) is 0 Å². The third-order valence-electron chi connectivity index (χ3n) is 2.54. The van der Waals surface area contributed by atoms with E-state index in [-0.39, 0.29) is 12.1 Å². The van der Waals surface area contributed by atoms with Crippen LogP contribution in [0.25, 0.3) is 0 Å². The maximum Gasteiger partial charge on any atom is 0.282 e. The molecule has 1 aliphatic rings. The van der Waals surface area contributed by atoms with Crippen molar-refractivity contribution in [1.82, 2.24) is 0 Å². The van der Waals surface area contributed by atoms with Gasteiger partial charge in [0.15, 0.2) is 0 Å². The van der Waals surface area contributed by atoms with Crippen LogP contribution in [-0.2, 0) is 11.2 Å². The summed E-state index contributed by atoms with van der Waals surface area (Å²) in [5.74, 6) is 0.561. The van der Waals surface area contributed by atoms with Crippen molar-refractivity contribution in [3.63, 3.8) is 0 Å². The summed E-state index contributed by atoms with van der Waals surface area (Å²) in [5.41, 5.74) is 6.35. The molecule has 1 unspecified atom stereocenters. The highest BCUT2D eigenvalue weighted by Gasteiger charge is 2.20. The fraction of sp³-hybridized carbons (Fsp3) is 0.364. The number of benzene rings is 1. The summed E-state index contributed by atoms with van der Waals surface area (Å²) in [6, 6.07) is 3.88. The molecule has 92 valence electrons. The Balaban J connectivity index is 2.20. The van der Waals surface area contributed by atoms with Gasteiger partial charge in [-0.2, -0.15) is 0 Å². The Kier molecular flexibility index (Phi) is 3.64. The quantitative estimate of drug-likeness (QED) is 0.920. The minimum atomic E-state index is -0.00281. The van der Waals surface area contributed by atoms with Crippen LogP contribution in [-0.4, -0.2) is 25.8 Å². The molecule has 1 aliphatic heterocycles. The van der Waals surface area contributed by atoms with Crippen molar-refractivity contribution in [2.24, 2.45) is 10.7 Å². The summed E-state index contributed by atoms with van der Waals surface area (Å²) in [7, 11) is 1.55. The molecule has 0 radical (unpaired) electrons. The molecule has 1 atom stereocenters. The first kappa shape index (κ1) is 12.3. The summed E-state index contributed by atoms with van der Waals surface area (Å²) in [6.07, 6.45) is 0.642. The van der Waals surface area contributed by atoms with Crippen LogP contribution in [0.2, 0.25) is 10.0 Å². The molecule has 2 N–H and O–H groups in total. The highest BCUT2D eigenvalue weighted by molar-refractivity contribution is 6.43. The first-order valence-corrected chi connectivity index (χ1v) is 5.84. The van der Waals surface area contributed by atoms with Crippen LogP contribution in [0, 0.1) is 0 Å². The standard InChI is InChI=1S/C11H12Cl2N2O2/c1-16-8-3-2-6(9(12)10(8)13)4-7-5-17-11(14)15-7/h2-3,7H,4-5H2,1H3,(H2,14,15). The first-order valence-electron chi connectivity index (χ1n) is 5.08. The van der Waals surface area contributed by atoms with Crippen molar-refractivity contribution >= 4 is 29.2 Å². The molecule has 0 saturated carbocycles. The van der Waals surface area contributed by atoms with E-state index >= 15 is 0 Å². The molecule has 2 rings (SSSR count). The molecule has 6 heteroatoms. The number of aliphatic imine (C=N–C) groups is 1. The van der Waals surface area contributed by atoms with Gasteiger partial charge >= 0.3 is 0 Å². The van der Waals surface area contributed by atoms with Gasteiger partial charge < -0.3 is 15.2 Å². The first-order chi connectivity index (χ1) is 8.11. The average molecular weight is 275 g/mol. The van der Waals surface area contributed by atoms with Crippen molar-refractivity contribution < 1.29 is 9.47 Å². The van der Waals surface area contributed by atoms with Gasteiger partial charge in [0.25, 0.3) is 6.02 Å². The van der Waals surface area contributed by atoms with Crippen LogP contribution in [0.5, 0.6) is 5.75 Å². The zero-order valence-electron chi connectivity index (χ0n) is 9.24. The third-order valence-corrected chi connectivity index (χ3v) is 3.44. The van der Waals surface area contributed by atoms with E-state index in [1.54, 1.807) is 13.2 Å². The molecule has 0 spiro atoms. The van der Waals surface area contributed by atoms with Crippen LogP contribution in [0.3, 0.4) is 0 Å². The lowest BCUT2D eigenvalue weighted by Gasteiger charge is -2.11. The van der Waals surface area contributed by atoms with Gasteiger partial charge in [0, 0.05) is 0 Å². The van der Waals surface area contributed by atoms with Crippen LogP contribution in [0.4, 0.5) is 0 Å². The van der Waals surface area contributed by atoms with E-state index in [1.807, 2.05) is 6.07 Å². The summed E-state index contributed by atoms with van der Waals surface area (Å²) in [6.45, 7) is 0.478. The highest BCUT2D eigenvalue weighted by Crippen LogP contribution is 2.35. The number of ether oxygens (including phenoxy) is 2. The van der Waals surface area contributed by atoms with Crippen molar-refractivity contribution in [2.45, 2.75) is 12.5 Å². The van der Waals surface area contributed by atoms with Crippen LogP contribution < -0.4 is 10.5 Å². The van der Waals surface area contributed by atoms with Gasteiger partial charge in [-0.15, -0.1) is 0 Å². The molecular formula is C11H12Cl2N2O2. The fourth-order valence-electron chi connectivity index (χ4n) is 1.68. The number of rotatable bonds is 3.